The number of rotatable bonds is 4. The van der Waals surface area contributed by atoms with E-state index in [1.54, 1.807) is 13.0 Å². The lowest BCUT2D eigenvalue weighted by Gasteiger charge is -2.22. The van der Waals surface area contributed by atoms with Crippen LogP contribution in [0.25, 0.3) is 0 Å². The zero-order valence-electron chi connectivity index (χ0n) is 9.34. The smallest absolute Gasteiger partial charge is 0.254 e. The van der Waals surface area contributed by atoms with Gasteiger partial charge in [0.2, 0.25) is 0 Å². The average molecular weight is 251 g/mol. The number of furan rings is 1. The van der Waals surface area contributed by atoms with Crippen molar-refractivity contribution in [2.45, 2.75) is 12.5 Å². The fourth-order valence-corrected chi connectivity index (χ4v) is 2.21. The van der Waals surface area contributed by atoms with Crippen LogP contribution in [0.15, 0.2) is 40.5 Å². The summed E-state index contributed by atoms with van der Waals surface area (Å²) >= 11 is 1.46. The predicted octanol–water partition coefficient (Wildman–Crippen LogP) is 1.98. The van der Waals surface area contributed by atoms with Crippen molar-refractivity contribution in [3.05, 3.63) is 46.5 Å². The number of carbonyl (C=O) groups is 1. The van der Waals surface area contributed by atoms with E-state index in [1.165, 1.54) is 23.9 Å². The van der Waals surface area contributed by atoms with Gasteiger partial charge in [-0.15, -0.1) is 11.3 Å². The molecule has 17 heavy (non-hydrogen) atoms. The topological polar surface area (TPSA) is 62.5 Å². The summed E-state index contributed by atoms with van der Waals surface area (Å²) in [5, 5.41) is 14.8. The third-order valence-corrected chi connectivity index (χ3v) is 3.55. The SMILES string of the molecule is CC(O)(CNC(=O)c1ccoc1)c1cccs1. The molecule has 4 nitrogen and oxygen atoms in total. The van der Waals surface area contributed by atoms with Gasteiger partial charge in [-0.05, 0) is 24.4 Å². The standard InChI is InChI=1S/C12H13NO3S/c1-12(15,10-3-2-6-17-10)8-13-11(14)9-4-5-16-7-9/h2-7,15H,8H2,1H3,(H,13,14). The molecule has 5 heteroatoms. The van der Waals surface area contributed by atoms with Crippen molar-refractivity contribution in [2.75, 3.05) is 6.54 Å². The number of thiophene rings is 1. The Morgan fingerprint density at radius 2 is 2.41 bits per heavy atom. The first kappa shape index (κ1) is 11.9. The Morgan fingerprint density at radius 1 is 1.59 bits per heavy atom. The molecule has 1 amide bonds. The lowest BCUT2D eigenvalue weighted by atomic mass is 10.1. The van der Waals surface area contributed by atoms with Crippen molar-refractivity contribution >= 4 is 17.2 Å². The van der Waals surface area contributed by atoms with E-state index in [0.717, 1.165) is 4.88 Å². The summed E-state index contributed by atoms with van der Waals surface area (Å²) in [7, 11) is 0. The second-order valence-corrected chi connectivity index (χ2v) is 4.89. The van der Waals surface area contributed by atoms with Crippen LogP contribution in [0.1, 0.15) is 22.2 Å². The van der Waals surface area contributed by atoms with Crippen LogP contribution in [0.2, 0.25) is 0 Å². The van der Waals surface area contributed by atoms with Gasteiger partial charge in [0.1, 0.15) is 11.9 Å². The molecule has 0 aliphatic rings. The van der Waals surface area contributed by atoms with Crippen LogP contribution in [0.3, 0.4) is 0 Å². The number of hydrogen-bond acceptors (Lipinski definition) is 4. The van der Waals surface area contributed by atoms with Crippen LogP contribution in [-0.2, 0) is 5.60 Å². The molecule has 2 aromatic heterocycles. The van der Waals surface area contributed by atoms with Crippen LogP contribution in [0, 0.1) is 0 Å². The van der Waals surface area contributed by atoms with E-state index >= 15 is 0 Å². The fraction of sp³-hybridized carbons (Fsp3) is 0.250. The van der Waals surface area contributed by atoms with Crippen LogP contribution in [0.5, 0.6) is 0 Å². The lowest BCUT2D eigenvalue weighted by Crippen LogP contribution is -2.37. The molecule has 0 saturated heterocycles. The number of aliphatic hydroxyl groups is 1. The van der Waals surface area contributed by atoms with Crippen LogP contribution in [-0.4, -0.2) is 17.6 Å². The van der Waals surface area contributed by atoms with Crippen molar-refractivity contribution in [2.24, 2.45) is 0 Å². The Kier molecular flexibility index (Phi) is 3.31. The van der Waals surface area contributed by atoms with E-state index in [9.17, 15) is 9.90 Å². The van der Waals surface area contributed by atoms with Crippen LogP contribution in [0.4, 0.5) is 0 Å². The molecule has 0 saturated carbocycles. The Bertz CT molecular complexity index is 474. The van der Waals surface area contributed by atoms with E-state index < -0.39 is 5.60 Å². The number of hydrogen-bond donors (Lipinski definition) is 2. The fourth-order valence-electron chi connectivity index (χ4n) is 1.42. The minimum Gasteiger partial charge on any atom is -0.472 e. The molecular weight excluding hydrogens is 238 g/mol. The maximum atomic E-state index is 11.6. The number of nitrogens with one attached hydrogen (secondary N) is 1. The molecule has 2 aromatic rings. The van der Waals surface area contributed by atoms with Crippen molar-refractivity contribution in [3.63, 3.8) is 0 Å². The second-order valence-electron chi connectivity index (χ2n) is 3.95. The largest absolute Gasteiger partial charge is 0.472 e. The summed E-state index contributed by atoms with van der Waals surface area (Å²) in [5.74, 6) is -0.254. The third-order valence-electron chi connectivity index (χ3n) is 2.43. The summed E-state index contributed by atoms with van der Waals surface area (Å²) in [6.45, 7) is 1.84. The first-order valence-corrected chi connectivity index (χ1v) is 6.04. The molecule has 2 N–H and O–H groups in total. The average Bonchev–Trinajstić information content (AvgIpc) is 2.97. The molecule has 2 rings (SSSR count). The highest BCUT2D eigenvalue weighted by Crippen LogP contribution is 2.24. The molecule has 0 spiro atoms. The minimum absolute atomic E-state index is 0.164. The van der Waals surface area contributed by atoms with Gasteiger partial charge in [0.25, 0.3) is 5.91 Å². The second kappa shape index (κ2) is 4.73. The number of carbonyl (C=O) groups excluding carboxylic acids is 1. The molecule has 0 radical (unpaired) electrons. The van der Waals surface area contributed by atoms with Crippen molar-refractivity contribution in [1.29, 1.82) is 0 Å². The number of amides is 1. The zero-order chi connectivity index (χ0) is 12.3. The third kappa shape index (κ3) is 2.75. The summed E-state index contributed by atoms with van der Waals surface area (Å²) in [6.07, 6.45) is 2.81. The van der Waals surface area contributed by atoms with Crippen LogP contribution >= 0.6 is 11.3 Å². The Labute approximate surface area is 103 Å². The van der Waals surface area contributed by atoms with Gasteiger partial charge in [0.15, 0.2) is 0 Å². The molecule has 1 unspecified atom stereocenters. The molecule has 0 aliphatic heterocycles. The van der Waals surface area contributed by atoms with E-state index in [-0.39, 0.29) is 12.5 Å². The summed E-state index contributed by atoms with van der Waals surface area (Å²) in [6, 6.07) is 5.29. The zero-order valence-corrected chi connectivity index (χ0v) is 10.2. The summed E-state index contributed by atoms with van der Waals surface area (Å²) in [5.41, 5.74) is -0.597. The first-order valence-electron chi connectivity index (χ1n) is 5.16. The van der Waals surface area contributed by atoms with Crippen molar-refractivity contribution in [3.8, 4) is 0 Å². The molecule has 0 aromatic carbocycles. The molecule has 0 bridgehead atoms. The monoisotopic (exact) mass is 251 g/mol. The Hall–Kier alpha value is -1.59. The van der Waals surface area contributed by atoms with E-state index in [1.807, 2.05) is 17.5 Å². The van der Waals surface area contributed by atoms with E-state index in [4.69, 9.17) is 4.42 Å². The van der Waals surface area contributed by atoms with Gasteiger partial charge >= 0.3 is 0 Å². The Morgan fingerprint density at radius 3 is 3.00 bits per heavy atom. The van der Waals surface area contributed by atoms with Crippen molar-refractivity contribution in [1.82, 2.24) is 5.32 Å². The first-order chi connectivity index (χ1) is 8.09. The van der Waals surface area contributed by atoms with Crippen LogP contribution < -0.4 is 5.32 Å². The lowest BCUT2D eigenvalue weighted by molar-refractivity contribution is 0.0556. The molecule has 1 atom stereocenters. The quantitative estimate of drug-likeness (QED) is 0.873. The van der Waals surface area contributed by atoms with Gasteiger partial charge in [-0.25, -0.2) is 0 Å². The molecule has 0 aliphatic carbocycles. The highest BCUT2D eigenvalue weighted by molar-refractivity contribution is 7.10. The van der Waals surface area contributed by atoms with Gasteiger partial charge in [-0.3, -0.25) is 4.79 Å². The normalized spacial score (nSPS) is 14.2. The van der Waals surface area contributed by atoms with E-state index in [0.29, 0.717) is 5.56 Å². The molecular formula is C12H13NO3S. The van der Waals surface area contributed by atoms with E-state index in [2.05, 4.69) is 5.32 Å². The van der Waals surface area contributed by atoms with Gasteiger partial charge in [0, 0.05) is 4.88 Å². The summed E-state index contributed by atoms with van der Waals surface area (Å²) in [4.78, 5) is 12.5. The van der Waals surface area contributed by atoms with Gasteiger partial charge in [-0.2, -0.15) is 0 Å². The Balaban J connectivity index is 1.96. The van der Waals surface area contributed by atoms with Gasteiger partial charge in [-0.1, -0.05) is 6.07 Å². The highest BCUT2D eigenvalue weighted by atomic mass is 32.1. The molecule has 2 heterocycles. The van der Waals surface area contributed by atoms with Gasteiger partial charge in [0.05, 0.1) is 18.4 Å². The summed E-state index contributed by atoms with van der Waals surface area (Å²) < 4.78 is 4.82. The maximum absolute atomic E-state index is 11.6. The molecule has 90 valence electrons. The minimum atomic E-state index is -1.05. The predicted molar refractivity (Wildman–Crippen MR) is 64.9 cm³/mol. The maximum Gasteiger partial charge on any atom is 0.254 e. The highest BCUT2D eigenvalue weighted by Gasteiger charge is 2.25. The van der Waals surface area contributed by atoms with Crippen molar-refractivity contribution < 1.29 is 14.3 Å². The van der Waals surface area contributed by atoms with Gasteiger partial charge < -0.3 is 14.8 Å². The molecule has 0 fully saturated rings.